The van der Waals surface area contributed by atoms with E-state index in [9.17, 15) is 18.3 Å². The van der Waals surface area contributed by atoms with Crippen molar-refractivity contribution in [2.45, 2.75) is 25.1 Å². The van der Waals surface area contributed by atoms with Gasteiger partial charge in [-0.25, -0.2) is 0 Å². The van der Waals surface area contributed by atoms with Crippen LogP contribution in [-0.2, 0) is 12.6 Å². The Bertz CT molecular complexity index is 357. The van der Waals surface area contributed by atoms with Gasteiger partial charge in [-0.05, 0) is 36.1 Å². The van der Waals surface area contributed by atoms with Crippen LogP contribution in [0.25, 0.3) is 0 Å². The number of hydrogen-bond donors (Lipinski definition) is 1. The summed E-state index contributed by atoms with van der Waals surface area (Å²) in [6.07, 6.45) is -3.87. The molecule has 1 atom stereocenters. The molecule has 0 aromatic heterocycles. The van der Waals surface area contributed by atoms with E-state index in [-0.39, 0.29) is 0 Å². The summed E-state index contributed by atoms with van der Waals surface area (Å²) in [7, 11) is 0. The predicted molar refractivity (Wildman–Crippen MR) is 44.7 cm³/mol. The van der Waals surface area contributed by atoms with E-state index in [0.717, 1.165) is 17.7 Å². The largest absolute Gasteiger partial charge is 0.416 e. The highest BCUT2D eigenvalue weighted by atomic mass is 19.4. The SMILES string of the molecule is O[C@@H]1CCc2ccc(C(F)(F)F)cc21. The van der Waals surface area contributed by atoms with Crippen LogP contribution >= 0.6 is 0 Å². The number of halogens is 3. The monoisotopic (exact) mass is 202 g/mol. The van der Waals surface area contributed by atoms with Crippen molar-refractivity contribution >= 4 is 0 Å². The summed E-state index contributed by atoms with van der Waals surface area (Å²) in [6.45, 7) is 0. The number of benzene rings is 1. The highest BCUT2D eigenvalue weighted by Crippen LogP contribution is 2.36. The fraction of sp³-hybridized carbons (Fsp3) is 0.400. The number of aliphatic hydroxyl groups excluding tert-OH is 1. The van der Waals surface area contributed by atoms with Gasteiger partial charge in [-0.2, -0.15) is 13.2 Å². The number of aryl methyl sites for hydroxylation is 1. The maximum Gasteiger partial charge on any atom is 0.416 e. The molecule has 0 bridgehead atoms. The van der Waals surface area contributed by atoms with Crippen LogP contribution < -0.4 is 0 Å². The maximum atomic E-state index is 12.3. The average Bonchev–Trinajstić information content (AvgIpc) is 2.46. The third-order valence-electron chi connectivity index (χ3n) is 2.52. The molecule has 14 heavy (non-hydrogen) atoms. The molecular weight excluding hydrogens is 193 g/mol. The molecule has 2 rings (SSSR count). The van der Waals surface area contributed by atoms with E-state index >= 15 is 0 Å². The zero-order valence-electron chi connectivity index (χ0n) is 7.30. The lowest BCUT2D eigenvalue weighted by molar-refractivity contribution is -0.137. The molecule has 0 amide bonds. The molecule has 1 aliphatic rings. The third-order valence-corrected chi connectivity index (χ3v) is 2.52. The van der Waals surface area contributed by atoms with Gasteiger partial charge in [0.15, 0.2) is 0 Å². The Morgan fingerprint density at radius 2 is 2.00 bits per heavy atom. The molecular formula is C10H9F3O. The van der Waals surface area contributed by atoms with Crippen molar-refractivity contribution in [3.63, 3.8) is 0 Å². The minimum atomic E-state index is -4.32. The average molecular weight is 202 g/mol. The number of rotatable bonds is 0. The third kappa shape index (κ3) is 1.50. The van der Waals surface area contributed by atoms with Crippen LogP contribution in [0.15, 0.2) is 18.2 Å². The predicted octanol–water partition coefficient (Wildman–Crippen LogP) is 2.69. The van der Waals surface area contributed by atoms with Gasteiger partial charge in [0, 0.05) is 0 Å². The van der Waals surface area contributed by atoms with Crippen molar-refractivity contribution in [3.05, 3.63) is 34.9 Å². The van der Waals surface area contributed by atoms with Gasteiger partial charge in [-0.15, -0.1) is 0 Å². The summed E-state index contributed by atoms with van der Waals surface area (Å²) in [5, 5.41) is 9.40. The van der Waals surface area contributed by atoms with Gasteiger partial charge in [0.1, 0.15) is 0 Å². The number of aliphatic hydroxyl groups is 1. The molecule has 4 heteroatoms. The molecule has 0 radical (unpaired) electrons. The first-order chi connectivity index (χ1) is 6.48. The van der Waals surface area contributed by atoms with Crippen LogP contribution in [0, 0.1) is 0 Å². The van der Waals surface area contributed by atoms with Crippen LogP contribution in [0.3, 0.4) is 0 Å². The Kier molecular flexibility index (Phi) is 2.03. The minimum Gasteiger partial charge on any atom is -0.388 e. The molecule has 0 heterocycles. The zero-order chi connectivity index (χ0) is 10.3. The van der Waals surface area contributed by atoms with Crippen molar-refractivity contribution in [2.24, 2.45) is 0 Å². The molecule has 1 aromatic rings. The van der Waals surface area contributed by atoms with E-state index in [1.165, 1.54) is 6.07 Å². The summed E-state index contributed by atoms with van der Waals surface area (Å²) in [4.78, 5) is 0. The van der Waals surface area contributed by atoms with Gasteiger partial charge in [0.25, 0.3) is 0 Å². The number of alkyl halides is 3. The topological polar surface area (TPSA) is 20.2 Å². The molecule has 0 fully saturated rings. The summed E-state index contributed by atoms with van der Waals surface area (Å²) >= 11 is 0. The van der Waals surface area contributed by atoms with Crippen LogP contribution in [0.1, 0.15) is 29.2 Å². The van der Waals surface area contributed by atoms with Crippen molar-refractivity contribution in [3.8, 4) is 0 Å². The van der Waals surface area contributed by atoms with E-state index in [4.69, 9.17) is 0 Å². The van der Waals surface area contributed by atoms with Gasteiger partial charge >= 0.3 is 6.18 Å². The Hall–Kier alpha value is -1.03. The van der Waals surface area contributed by atoms with E-state index in [0.29, 0.717) is 18.4 Å². The smallest absolute Gasteiger partial charge is 0.388 e. The van der Waals surface area contributed by atoms with Gasteiger partial charge < -0.3 is 5.11 Å². The Morgan fingerprint density at radius 3 is 2.64 bits per heavy atom. The van der Waals surface area contributed by atoms with E-state index in [2.05, 4.69) is 0 Å². The second kappa shape index (κ2) is 2.98. The highest BCUT2D eigenvalue weighted by molar-refractivity contribution is 5.38. The van der Waals surface area contributed by atoms with Gasteiger partial charge in [-0.3, -0.25) is 0 Å². The molecule has 76 valence electrons. The molecule has 1 aliphatic carbocycles. The van der Waals surface area contributed by atoms with Crippen LogP contribution in [0.5, 0.6) is 0 Å². The molecule has 0 saturated carbocycles. The molecule has 1 aromatic carbocycles. The van der Waals surface area contributed by atoms with E-state index in [1.807, 2.05) is 0 Å². The normalized spacial score (nSPS) is 21.0. The van der Waals surface area contributed by atoms with Crippen molar-refractivity contribution < 1.29 is 18.3 Å². The second-order valence-electron chi connectivity index (χ2n) is 3.47. The first kappa shape index (κ1) is 9.52. The van der Waals surface area contributed by atoms with Gasteiger partial charge in [0.2, 0.25) is 0 Å². The molecule has 0 unspecified atom stereocenters. The molecule has 0 saturated heterocycles. The Morgan fingerprint density at radius 1 is 1.29 bits per heavy atom. The zero-order valence-corrected chi connectivity index (χ0v) is 7.30. The molecule has 0 spiro atoms. The van der Waals surface area contributed by atoms with E-state index in [1.54, 1.807) is 0 Å². The summed E-state index contributed by atoms with van der Waals surface area (Å²) in [5.74, 6) is 0. The van der Waals surface area contributed by atoms with Gasteiger partial charge in [0.05, 0.1) is 11.7 Å². The quantitative estimate of drug-likeness (QED) is 0.685. The van der Waals surface area contributed by atoms with Gasteiger partial charge in [-0.1, -0.05) is 6.07 Å². The Labute approximate surface area is 79.2 Å². The van der Waals surface area contributed by atoms with Crippen molar-refractivity contribution in [2.75, 3.05) is 0 Å². The maximum absolute atomic E-state index is 12.3. The lowest BCUT2D eigenvalue weighted by Gasteiger charge is -2.09. The van der Waals surface area contributed by atoms with Crippen LogP contribution in [0.4, 0.5) is 13.2 Å². The van der Waals surface area contributed by atoms with Crippen LogP contribution in [-0.4, -0.2) is 5.11 Å². The number of hydrogen-bond acceptors (Lipinski definition) is 1. The summed E-state index contributed by atoms with van der Waals surface area (Å²) < 4.78 is 36.9. The highest BCUT2D eigenvalue weighted by Gasteiger charge is 2.32. The van der Waals surface area contributed by atoms with Crippen LogP contribution in [0.2, 0.25) is 0 Å². The summed E-state index contributed by atoms with van der Waals surface area (Å²) in [5.41, 5.74) is 0.572. The molecule has 1 nitrogen and oxygen atoms in total. The van der Waals surface area contributed by atoms with Crippen molar-refractivity contribution in [1.82, 2.24) is 0 Å². The Balaban J connectivity index is 2.45. The summed E-state index contributed by atoms with van der Waals surface area (Å²) in [6, 6.07) is 3.57. The lowest BCUT2D eigenvalue weighted by atomic mass is 10.1. The molecule has 1 N–H and O–H groups in total. The standard InChI is InChI=1S/C10H9F3O/c11-10(12,13)7-3-1-6-2-4-9(14)8(6)5-7/h1,3,5,9,14H,2,4H2/t9-/m1/s1. The first-order valence-electron chi connectivity index (χ1n) is 4.36. The lowest BCUT2D eigenvalue weighted by Crippen LogP contribution is -2.06. The first-order valence-corrected chi connectivity index (χ1v) is 4.36. The van der Waals surface area contributed by atoms with E-state index < -0.39 is 17.8 Å². The minimum absolute atomic E-state index is 0.430. The fourth-order valence-corrected chi connectivity index (χ4v) is 1.76. The van der Waals surface area contributed by atoms with Crippen molar-refractivity contribution in [1.29, 1.82) is 0 Å². The molecule has 0 aliphatic heterocycles. The number of fused-ring (bicyclic) bond motifs is 1. The fourth-order valence-electron chi connectivity index (χ4n) is 1.76. The second-order valence-corrected chi connectivity index (χ2v) is 3.47.